The summed E-state index contributed by atoms with van der Waals surface area (Å²) in [4.78, 5) is 14.4. The summed E-state index contributed by atoms with van der Waals surface area (Å²) in [5, 5.41) is 0.477. The van der Waals surface area contributed by atoms with E-state index in [1.807, 2.05) is 31.2 Å². The first kappa shape index (κ1) is 18.1. The summed E-state index contributed by atoms with van der Waals surface area (Å²) in [5.41, 5.74) is 2.72. The fourth-order valence-corrected chi connectivity index (χ4v) is 3.57. The molecule has 2 aromatic carbocycles. The number of amides is 1. The maximum atomic E-state index is 12.7. The second-order valence-electron chi connectivity index (χ2n) is 6.02. The molecule has 0 radical (unpaired) electrons. The number of anilines is 1. The Bertz CT molecular complexity index is 809. The first-order chi connectivity index (χ1) is 12.0. The Morgan fingerprint density at radius 1 is 1.24 bits per heavy atom. The van der Waals surface area contributed by atoms with Crippen LogP contribution in [0.1, 0.15) is 17.5 Å². The summed E-state index contributed by atoms with van der Waals surface area (Å²) in [6.07, 6.45) is 1.05. The number of hydrogen-bond acceptors (Lipinski definition) is 3. The smallest absolute Gasteiger partial charge is 0.231 e. The van der Waals surface area contributed by atoms with Crippen LogP contribution in [0.4, 0.5) is 5.69 Å². The second-order valence-corrected chi connectivity index (χ2v) is 7.34. The summed E-state index contributed by atoms with van der Waals surface area (Å²) in [5.74, 6) is 1.15. The minimum absolute atomic E-state index is 0.0176. The van der Waals surface area contributed by atoms with E-state index in [4.69, 9.17) is 21.1 Å². The van der Waals surface area contributed by atoms with Gasteiger partial charge in [-0.25, -0.2) is 0 Å². The zero-order valence-electron chi connectivity index (χ0n) is 14.1. The van der Waals surface area contributed by atoms with Crippen LogP contribution >= 0.6 is 27.5 Å². The number of carbonyl (C=O) groups excluding carboxylic acids is 1. The molecule has 25 heavy (non-hydrogen) atoms. The zero-order chi connectivity index (χ0) is 18.0. The lowest BCUT2D eigenvalue weighted by Crippen LogP contribution is -2.28. The largest absolute Gasteiger partial charge is 0.489 e. The molecular weight excluding hydrogens is 406 g/mol. The Morgan fingerprint density at radius 3 is 2.76 bits per heavy atom. The van der Waals surface area contributed by atoms with E-state index in [0.717, 1.165) is 27.7 Å². The van der Waals surface area contributed by atoms with Crippen LogP contribution in [0.2, 0.25) is 5.02 Å². The molecule has 6 heteroatoms. The van der Waals surface area contributed by atoms with Gasteiger partial charge in [-0.05, 0) is 48.4 Å². The second kappa shape index (κ2) is 7.67. The van der Waals surface area contributed by atoms with Crippen molar-refractivity contribution in [1.29, 1.82) is 0 Å². The Hall–Kier alpha value is -1.72. The van der Waals surface area contributed by atoms with Crippen molar-refractivity contribution >= 4 is 39.1 Å². The number of benzene rings is 2. The third-order valence-electron chi connectivity index (χ3n) is 4.11. The number of fused-ring (bicyclic) bond motifs is 1. The fourth-order valence-electron chi connectivity index (χ4n) is 2.81. The van der Waals surface area contributed by atoms with Gasteiger partial charge in [0.05, 0.1) is 24.7 Å². The predicted octanol–water partition coefficient (Wildman–Crippen LogP) is 4.78. The topological polar surface area (TPSA) is 38.8 Å². The number of ether oxygens (including phenoxy) is 2. The predicted molar refractivity (Wildman–Crippen MR) is 103 cm³/mol. The third kappa shape index (κ3) is 4.10. The molecule has 1 heterocycles. The normalized spacial score (nSPS) is 13.3. The molecule has 1 aliphatic rings. The average molecular weight is 425 g/mol. The van der Waals surface area contributed by atoms with Gasteiger partial charge in [0.15, 0.2) is 11.5 Å². The number of hydrogen-bond donors (Lipinski definition) is 0. The average Bonchev–Trinajstić information content (AvgIpc) is 2.80. The molecule has 132 valence electrons. The summed E-state index contributed by atoms with van der Waals surface area (Å²) >= 11 is 9.75. The lowest BCUT2D eigenvalue weighted by atomic mass is 10.1. The van der Waals surface area contributed by atoms with Crippen LogP contribution in [0.3, 0.4) is 0 Å². The van der Waals surface area contributed by atoms with Crippen LogP contribution in [0.25, 0.3) is 0 Å². The third-order valence-corrected chi connectivity index (χ3v) is 4.89. The summed E-state index contributed by atoms with van der Waals surface area (Å²) < 4.78 is 12.3. The van der Waals surface area contributed by atoms with E-state index < -0.39 is 0 Å². The van der Waals surface area contributed by atoms with Gasteiger partial charge in [-0.2, -0.15) is 0 Å². The van der Waals surface area contributed by atoms with Gasteiger partial charge >= 0.3 is 0 Å². The lowest BCUT2D eigenvalue weighted by molar-refractivity contribution is -0.117. The highest BCUT2D eigenvalue weighted by atomic mass is 79.9. The van der Waals surface area contributed by atoms with Crippen molar-refractivity contribution in [2.24, 2.45) is 0 Å². The number of carbonyl (C=O) groups is 1. The molecule has 0 bridgehead atoms. The summed E-state index contributed by atoms with van der Waals surface area (Å²) in [6, 6.07) is 9.46. The molecule has 0 unspecified atom stereocenters. The van der Waals surface area contributed by atoms with Gasteiger partial charge in [0.25, 0.3) is 0 Å². The van der Waals surface area contributed by atoms with Gasteiger partial charge < -0.3 is 14.4 Å². The van der Waals surface area contributed by atoms with Crippen molar-refractivity contribution < 1.29 is 14.3 Å². The highest BCUT2D eigenvalue weighted by Crippen LogP contribution is 2.38. The summed E-state index contributed by atoms with van der Waals surface area (Å²) in [6.45, 7) is 3.14. The van der Waals surface area contributed by atoms with E-state index in [1.54, 1.807) is 18.0 Å². The quantitative estimate of drug-likeness (QED) is 0.712. The van der Waals surface area contributed by atoms with Gasteiger partial charge in [-0.3, -0.25) is 4.79 Å². The van der Waals surface area contributed by atoms with Crippen molar-refractivity contribution in [2.75, 3.05) is 25.2 Å². The van der Waals surface area contributed by atoms with E-state index in [-0.39, 0.29) is 12.3 Å². The number of halogens is 2. The Balaban J connectivity index is 1.81. The standard InChI is InChI=1S/C19H19BrClNO3/c1-12-8-14(20)4-5-16(12)22(2)18(23)11-13-9-15(21)19-17(10-13)24-6-3-7-25-19/h4-5,8-10H,3,6-7,11H2,1-2H3. The zero-order valence-corrected chi connectivity index (χ0v) is 16.5. The van der Waals surface area contributed by atoms with Crippen LogP contribution < -0.4 is 14.4 Å². The molecule has 0 atom stereocenters. The van der Waals surface area contributed by atoms with Crippen LogP contribution in [-0.4, -0.2) is 26.2 Å². The Labute approximate surface area is 160 Å². The van der Waals surface area contributed by atoms with Crippen molar-refractivity contribution in [3.63, 3.8) is 0 Å². The fraction of sp³-hybridized carbons (Fsp3) is 0.316. The van der Waals surface area contributed by atoms with Crippen LogP contribution in [0.15, 0.2) is 34.8 Å². The van der Waals surface area contributed by atoms with Crippen LogP contribution in [-0.2, 0) is 11.2 Å². The van der Waals surface area contributed by atoms with Gasteiger partial charge in [-0.1, -0.05) is 27.5 Å². The van der Waals surface area contributed by atoms with Gasteiger partial charge in [0, 0.05) is 23.6 Å². The van der Waals surface area contributed by atoms with Crippen molar-refractivity contribution in [1.82, 2.24) is 0 Å². The molecule has 0 aromatic heterocycles. The molecule has 0 spiro atoms. The van der Waals surface area contributed by atoms with Gasteiger partial charge in [-0.15, -0.1) is 0 Å². The minimum Gasteiger partial charge on any atom is -0.489 e. The SMILES string of the molecule is Cc1cc(Br)ccc1N(C)C(=O)Cc1cc(Cl)c2c(c1)OCCCO2. The van der Waals surface area contributed by atoms with E-state index in [1.165, 1.54) is 0 Å². The maximum Gasteiger partial charge on any atom is 0.231 e. The first-order valence-electron chi connectivity index (χ1n) is 8.06. The Kier molecular flexibility index (Phi) is 5.54. The molecule has 1 amide bonds. The van der Waals surface area contributed by atoms with Crippen molar-refractivity contribution in [2.45, 2.75) is 19.8 Å². The van der Waals surface area contributed by atoms with Gasteiger partial charge in [0.1, 0.15) is 0 Å². The highest BCUT2D eigenvalue weighted by molar-refractivity contribution is 9.10. The number of nitrogens with zero attached hydrogens (tertiary/aromatic N) is 1. The number of likely N-dealkylation sites (N-methyl/N-ethyl adjacent to an activating group) is 1. The lowest BCUT2D eigenvalue weighted by Gasteiger charge is -2.20. The van der Waals surface area contributed by atoms with E-state index in [0.29, 0.717) is 29.7 Å². The summed E-state index contributed by atoms with van der Waals surface area (Å²) in [7, 11) is 1.78. The number of aryl methyl sites for hydroxylation is 1. The molecule has 0 saturated carbocycles. The molecule has 1 aliphatic heterocycles. The van der Waals surface area contributed by atoms with Crippen molar-refractivity contribution in [3.8, 4) is 11.5 Å². The molecular formula is C19H19BrClNO3. The van der Waals surface area contributed by atoms with Gasteiger partial charge in [0.2, 0.25) is 5.91 Å². The molecule has 3 rings (SSSR count). The van der Waals surface area contributed by atoms with Crippen LogP contribution in [0.5, 0.6) is 11.5 Å². The van der Waals surface area contributed by atoms with Crippen molar-refractivity contribution in [3.05, 3.63) is 51.0 Å². The molecule has 0 N–H and O–H groups in total. The molecule has 0 saturated heterocycles. The molecule has 0 fully saturated rings. The Morgan fingerprint density at radius 2 is 2.00 bits per heavy atom. The monoisotopic (exact) mass is 423 g/mol. The molecule has 2 aromatic rings. The van der Waals surface area contributed by atoms with Crippen LogP contribution in [0, 0.1) is 6.92 Å². The van der Waals surface area contributed by atoms with E-state index in [9.17, 15) is 4.79 Å². The molecule has 4 nitrogen and oxygen atoms in total. The minimum atomic E-state index is -0.0176. The van der Waals surface area contributed by atoms with E-state index in [2.05, 4.69) is 15.9 Å². The highest BCUT2D eigenvalue weighted by Gasteiger charge is 2.19. The molecule has 0 aliphatic carbocycles. The first-order valence-corrected chi connectivity index (χ1v) is 9.23. The van der Waals surface area contributed by atoms with E-state index >= 15 is 0 Å². The maximum absolute atomic E-state index is 12.7. The number of rotatable bonds is 3.